The molecule has 3 rings (SSSR count). The minimum absolute atomic E-state index is 0.0352. The lowest BCUT2D eigenvalue weighted by Gasteiger charge is -2.33. The maximum absolute atomic E-state index is 12.6. The maximum atomic E-state index is 12.6. The van der Waals surface area contributed by atoms with E-state index in [1.807, 2.05) is 6.92 Å². The Hall–Kier alpha value is -2.32. The second-order valence-electron chi connectivity index (χ2n) is 6.87. The number of piperidine rings is 1. The molecule has 1 unspecified atom stereocenters. The van der Waals surface area contributed by atoms with E-state index in [1.54, 1.807) is 30.0 Å². The molecule has 28 heavy (non-hydrogen) atoms. The quantitative estimate of drug-likeness (QED) is 0.682. The molecule has 1 fully saturated rings. The van der Waals surface area contributed by atoms with Crippen LogP contribution in [-0.2, 0) is 19.1 Å². The van der Waals surface area contributed by atoms with Gasteiger partial charge < -0.3 is 29.2 Å². The van der Waals surface area contributed by atoms with E-state index >= 15 is 0 Å². The first-order chi connectivity index (χ1) is 13.6. The number of hydrogen-bond acceptors (Lipinski definition) is 6. The van der Waals surface area contributed by atoms with Crippen LogP contribution in [0, 0.1) is 5.92 Å². The van der Waals surface area contributed by atoms with E-state index in [4.69, 9.17) is 18.9 Å². The monoisotopic (exact) mass is 392 g/mol. The summed E-state index contributed by atoms with van der Waals surface area (Å²) in [7, 11) is 0. The predicted molar refractivity (Wildman–Crippen MR) is 102 cm³/mol. The summed E-state index contributed by atoms with van der Waals surface area (Å²) in [5.41, 5.74) is 0.684. The first kappa shape index (κ1) is 20.4. The average Bonchev–Trinajstić information content (AvgIpc) is 3.18. The first-order valence-electron chi connectivity index (χ1n) is 9.77. The Morgan fingerprint density at radius 1 is 1.21 bits per heavy atom. The fourth-order valence-corrected chi connectivity index (χ4v) is 3.34. The lowest BCUT2D eigenvalue weighted by atomic mass is 9.95. The third-order valence-electron chi connectivity index (χ3n) is 4.96. The number of rotatable bonds is 8. The fourth-order valence-electron chi connectivity index (χ4n) is 3.34. The smallest absolute Gasteiger partial charge is 0.251 e. The van der Waals surface area contributed by atoms with Crippen molar-refractivity contribution in [3.63, 3.8) is 0 Å². The van der Waals surface area contributed by atoms with Crippen LogP contribution >= 0.6 is 0 Å². The van der Waals surface area contributed by atoms with Crippen molar-refractivity contribution in [1.82, 2.24) is 4.90 Å². The molecule has 2 heterocycles. The molecule has 0 spiro atoms. The van der Waals surface area contributed by atoms with Crippen LogP contribution in [0.1, 0.15) is 26.7 Å². The van der Waals surface area contributed by atoms with Crippen LogP contribution in [0.15, 0.2) is 18.2 Å². The molecule has 154 valence electrons. The van der Waals surface area contributed by atoms with Crippen LogP contribution in [0.4, 0.5) is 5.69 Å². The molecule has 0 aliphatic carbocycles. The molecule has 0 radical (unpaired) electrons. The van der Waals surface area contributed by atoms with Crippen LogP contribution in [0.5, 0.6) is 11.5 Å². The van der Waals surface area contributed by atoms with Crippen molar-refractivity contribution >= 4 is 17.5 Å². The molecule has 0 bridgehead atoms. The van der Waals surface area contributed by atoms with Crippen molar-refractivity contribution < 1.29 is 28.5 Å². The van der Waals surface area contributed by atoms with Crippen molar-refractivity contribution in [1.29, 1.82) is 0 Å². The van der Waals surface area contributed by atoms with E-state index in [0.29, 0.717) is 62.9 Å². The summed E-state index contributed by atoms with van der Waals surface area (Å²) in [5.74, 6) is 1.13. The molecule has 1 N–H and O–H groups in total. The lowest BCUT2D eigenvalue weighted by molar-refractivity contribution is -0.145. The van der Waals surface area contributed by atoms with E-state index in [-0.39, 0.29) is 24.5 Å². The Balaban J connectivity index is 1.43. The summed E-state index contributed by atoms with van der Waals surface area (Å²) in [6, 6.07) is 5.34. The zero-order valence-electron chi connectivity index (χ0n) is 16.4. The third kappa shape index (κ3) is 5.14. The normalized spacial score (nSPS) is 17.4. The number of fused-ring (bicyclic) bond motifs is 1. The van der Waals surface area contributed by atoms with Gasteiger partial charge >= 0.3 is 0 Å². The van der Waals surface area contributed by atoms with Gasteiger partial charge in [0.25, 0.3) is 5.91 Å². The number of carbonyl (C=O) groups is 2. The van der Waals surface area contributed by atoms with Crippen molar-refractivity contribution in [2.24, 2.45) is 5.92 Å². The molecule has 1 aromatic carbocycles. The van der Waals surface area contributed by atoms with Crippen molar-refractivity contribution in [2.45, 2.75) is 32.8 Å². The lowest BCUT2D eigenvalue weighted by Crippen LogP contribution is -2.45. The van der Waals surface area contributed by atoms with Gasteiger partial charge in [-0.2, -0.15) is 0 Å². The van der Waals surface area contributed by atoms with Crippen LogP contribution in [-0.4, -0.2) is 62.5 Å². The molecular weight excluding hydrogens is 364 g/mol. The average molecular weight is 392 g/mol. The van der Waals surface area contributed by atoms with Gasteiger partial charge in [-0.05, 0) is 38.8 Å². The summed E-state index contributed by atoms with van der Waals surface area (Å²) in [6.45, 7) is 6.49. The number of hydrogen-bond donors (Lipinski definition) is 1. The van der Waals surface area contributed by atoms with Gasteiger partial charge in [0.05, 0.1) is 13.2 Å². The van der Waals surface area contributed by atoms with Gasteiger partial charge in [0, 0.05) is 37.4 Å². The molecule has 8 nitrogen and oxygen atoms in total. The fraction of sp³-hybridized carbons (Fsp3) is 0.600. The predicted octanol–water partition coefficient (Wildman–Crippen LogP) is 2.03. The van der Waals surface area contributed by atoms with E-state index in [9.17, 15) is 9.59 Å². The Bertz CT molecular complexity index is 687. The number of anilines is 1. The molecule has 2 aliphatic rings. The first-order valence-corrected chi connectivity index (χ1v) is 9.77. The number of nitrogens with one attached hydrogen (secondary N) is 1. The minimum atomic E-state index is -0.500. The Morgan fingerprint density at radius 3 is 2.71 bits per heavy atom. The van der Waals surface area contributed by atoms with Gasteiger partial charge in [0.2, 0.25) is 12.7 Å². The number of likely N-dealkylation sites (tertiary alicyclic amines) is 1. The zero-order valence-corrected chi connectivity index (χ0v) is 16.4. The van der Waals surface area contributed by atoms with Crippen LogP contribution in [0.3, 0.4) is 0 Å². The number of nitrogens with zero attached hydrogens (tertiary/aromatic N) is 1. The number of ether oxygens (including phenoxy) is 4. The zero-order chi connectivity index (χ0) is 19.9. The largest absolute Gasteiger partial charge is 0.454 e. The van der Waals surface area contributed by atoms with Crippen molar-refractivity contribution in [3.05, 3.63) is 18.2 Å². The molecule has 1 atom stereocenters. The highest BCUT2D eigenvalue weighted by Crippen LogP contribution is 2.34. The van der Waals surface area contributed by atoms with E-state index in [0.717, 1.165) is 0 Å². The van der Waals surface area contributed by atoms with Gasteiger partial charge in [0.1, 0.15) is 6.10 Å². The van der Waals surface area contributed by atoms with Crippen LogP contribution in [0.25, 0.3) is 0 Å². The highest BCUT2D eigenvalue weighted by molar-refractivity contribution is 5.93. The number of amides is 2. The van der Waals surface area contributed by atoms with Gasteiger partial charge in [-0.3, -0.25) is 9.59 Å². The molecule has 2 amide bonds. The molecule has 1 aromatic rings. The van der Waals surface area contributed by atoms with Crippen molar-refractivity contribution in [2.75, 3.05) is 45.0 Å². The van der Waals surface area contributed by atoms with Crippen LogP contribution < -0.4 is 14.8 Å². The second kappa shape index (κ2) is 9.75. The standard InChI is InChI=1S/C20H28N2O6/c1-3-25-10-11-26-14(2)20(24)22-8-6-15(7-9-22)19(23)21-16-4-5-17-18(12-16)28-13-27-17/h4-5,12,14-15H,3,6-11,13H2,1-2H3,(H,21,23). The topological polar surface area (TPSA) is 86.3 Å². The van der Waals surface area contributed by atoms with Crippen LogP contribution in [0.2, 0.25) is 0 Å². The Labute approximate surface area is 165 Å². The van der Waals surface area contributed by atoms with Gasteiger partial charge in [0.15, 0.2) is 11.5 Å². The maximum Gasteiger partial charge on any atom is 0.251 e. The van der Waals surface area contributed by atoms with Gasteiger partial charge in [-0.15, -0.1) is 0 Å². The van der Waals surface area contributed by atoms with E-state index in [2.05, 4.69) is 5.32 Å². The molecule has 8 heteroatoms. The number of benzene rings is 1. The SMILES string of the molecule is CCOCCOC(C)C(=O)N1CCC(C(=O)Nc2ccc3c(c2)OCO3)CC1. The van der Waals surface area contributed by atoms with Crippen molar-refractivity contribution in [3.8, 4) is 11.5 Å². The molecule has 0 saturated carbocycles. The highest BCUT2D eigenvalue weighted by Gasteiger charge is 2.29. The van der Waals surface area contributed by atoms with Gasteiger partial charge in [-0.1, -0.05) is 0 Å². The van der Waals surface area contributed by atoms with E-state index in [1.165, 1.54) is 0 Å². The minimum Gasteiger partial charge on any atom is -0.454 e. The summed E-state index contributed by atoms with van der Waals surface area (Å²) in [5, 5.41) is 2.93. The summed E-state index contributed by atoms with van der Waals surface area (Å²) in [6.07, 6.45) is 0.765. The highest BCUT2D eigenvalue weighted by atomic mass is 16.7. The molecular formula is C20H28N2O6. The summed E-state index contributed by atoms with van der Waals surface area (Å²) in [4.78, 5) is 26.8. The Kier molecular flexibility index (Phi) is 7.11. The Morgan fingerprint density at radius 2 is 1.96 bits per heavy atom. The van der Waals surface area contributed by atoms with Gasteiger partial charge in [-0.25, -0.2) is 0 Å². The number of carbonyl (C=O) groups excluding carboxylic acids is 2. The summed E-state index contributed by atoms with van der Waals surface area (Å²) >= 11 is 0. The van der Waals surface area contributed by atoms with E-state index < -0.39 is 6.10 Å². The second-order valence-corrected chi connectivity index (χ2v) is 6.87. The molecule has 1 saturated heterocycles. The summed E-state index contributed by atoms with van der Waals surface area (Å²) < 4.78 is 21.4. The molecule has 2 aliphatic heterocycles. The third-order valence-corrected chi connectivity index (χ3v) is 4.96. The molecule has 0 aromatic heterocycles.